The normalized spacial score (nSPS) is 24.9. The van der Waals surface area contributed by atoms with Gasteiger partial charge in [0, 0.05) is 11.0 Å². The van der Waals surface area contributed by atoms with Crippen LogP contribution in [0.2, 0.25) is 5.31 Å². The second-order valence-electron chi connectivity index (χ2n) is 8.52. The number of anilines is 4. The lowest BCUT2D eigenvalue weighted by Crippen LogP contribution is -2.74. The highest BCUT2D eigenvalue weighted by atomic mass is 15.4. The molecule has 0 bridgehead atoms. The second-order valence-corrected chi connectivity index (χ2v) is 8.52. The molecule has 0 saturated heterocycles. The third kappa shape index (κ3) is 2.20. The van der Waals surface area contributed by atoms with Gasteiger partial charge in [0.05, 0.1) is 16.9 Å². The summed E-state index contributed by atoms with van der Waals surface area (Å²) in [4.78, 5) is 14.1. The van der Waals surface area contributed by atoms with E-state index in [0.29, 0.717) is 0 Å². The van der Waals surface area contributed by atoms with Crippen LogP contribution in [0.25, 0.3) is 0 Å². The predicted molar refractivity (Wildman–Crippen MR) is 118 cm³/mol. The minimum atomic E-state index is -0.116. The highest BCUT2D eigenvalue weighted by Gasteiger charge is 2.68. The van der Waals surface area contributed by atoms with Crippen LogP contribution in [-0.2, 0) is 5.54 Å². The molecule has 2 unspecified atom stereocenters. The molecule has 0 N–H and O–H groups in total. The first-order valence-electron chi connectivity index (χ1n) is 10.5. The summed E-state index contributed by atoms with van der Waals surface area (Å²) in [7, 11) is 0. The van der Waals surface area contributed by atoms with Crippen molar-refractivity contribution in [2.45, 2.75) is 51.4 Å². The van der Waals surface area contributed by atoms with Crippen molar-refractivity contribution in [3.05, 3.63) is 67.3 Å². The average molecular weight is 384 g/mol. The maximum absolute atomic E-state index is 4.78. The number of hydrogen-bond acceptors (Lipinski definition) is 4. The SMILES string of the molecule is CCC1(C)B2N(c3ccccc3)c3ccccc3N2c2ncnc[n+]2C1(C)CC. The fourth-order valence-electron chi connectivity index (χ4n) is 5.42. The third-order valence-corrected chi connectivity index (χ3v) is 7.53. The second kappa shape index (κ2) is 6.31. The minimum Gasteiger partial charge on any atom is -0.352 e. The number of rotatable bonds is 3. The lowest BCUT2D eigenvalue weighted by atomic mass is 9.39. The van der Waals surface area contributed by atoms with Crippen LogP contribution in [-0.4, -0.2) is 17.0 Å². The Labute approximate surface area is 173 Å². The molecule has 29 heavy (non-hydrogen) atoms. The Morgan fingerprint density at radius 2 is 1.55 bits per heavy atom. The maximum atomic E-state index is 4.78. The molecule has 5 nitrogen and oxygen atoms in total. The molecule has 3 heterocycles. The molecule has 0 aliphatic carbocycles. The van der Waals surface area contributed by atoms with E-state index in [-0.39, 0.29) is 17.8 Å². The van der Waals surface area contributed by atoms with Gasteiger partial charge in [0.25, 0.3) is 0 Å². The van der Waals surface area contributed by atoms with Gasteiger partial charge in [-0.15, -0.1) is 4.98 Å². The quantitative estimate of drug-likeness (QED) is 0.478. The lowest BCUT2D eigenvalue weighted by molar-refractivity contribution is -0.763. The van der Waals surface area contributed by atoms with Crippen molar-refractivity contribution in [2.24, 2.45) is 0 Å². The summed E-state index contributed by atoms with van der Waals surface area (Å²) in [6.45, 7) is 9.52. The summed E-state index contributed by atoms with van der Waals surface area (Å²) >= 11 is 0. The molecule has 2 aliphatic heterocycles. The molecule has 146 valence electrons. The van der Waals surface area contributed by atoms with Crippen molar-refractivity contribution >= 4 is 30.0 Å². The monoisotopic (exact) mass is 384 g/mol. The number of nitrogens with zero attached hydrogens (tertiary/aromatic N) is 5. The van der Waals surface area contributed by atoms with Gasteiger partial charge in [0.15, 0.2) is 6.33 Å². The molecular formula is C23H27BN5+. The van der Waals surface area contributed by atoms with Crippen LogP contribution < -0.4 is 14.2 Å². The third-order valence-electron chi connectivity index (χ3n) is 7.53. The van der Waals surface area contributed by atoms with E-state index in [1.54, 1.807) is 6.33 Å². The zero-order valence-electron chi connectivity index (χ0n) is 17.6. The van der Waals surface area contributed by atoms with Crippen molar-refractivity contribution in [2.75, 3.05) is 9.62 Å². The fraction of sp³-hybridized carbons (Fsp3) is 0.348. The van der Waals surface area contributed by atoms with E-state index < -0.39 is 0 Å². The molecule has 5 rings (SSSR count). The molecule has 6 heteroatoms. The molecule has 0 fully saturated rings. The summed E-state index contributed by atoms with van der Waals surface area (Å²) in [6, 6.07) is 19.4. The van der Waals surface area contributed by atoms with Gasteiger partial charge in [-0.25, -0.2) is 4.57 Å². The number of para-hydroxylation sites is 3. The molecular weight excluding hydrogens is 357 g/mol. The van der Waals surface area contributed by atoms with Crippen LogP contribution in [0.5, 0.6) is 0 Å². The fourth-order valence-corrected chi connectivity index (χ4v) is 5.42. The molecule has 0 spiro atoms. The molecule has 2 aromatic carbocycles. The summed E-state index contributed by atoms with van der Waals surface area (Å²) in [6.07, 6.45) is 5.67. The van der Waals surface area contributed by atoms with E-state index in [0.717, 1.165) is 18.8 Å². The smallest absolute Gasteiger partial charge is 0.352 e. The van der Waals surface area contributed by atoms with Gasteiger partial charge >= 0.3 is 12.9 Å². The number of fused-ring (bicyclic) bond motifs is 5. The first kappa shape index (κ1) is 18.2. The first-order chi connectivity index (χ1) is 14.1. The van der Waals surface area contributed by atoms with E-state index in [1.165, 1.54) is 17.1 Å². The number of aromatic nitrogens is 3. The first-order valence-corrected chi connectivity index (χ1v) is 10.5. The summed E-state index contributed by atoms with van der Waals surface area (Å²) in [5.74, 6) is 0.964. The van der Waals surface area contributed by atoms with Crippen molar-refractivity contribution < 1.29 is 4.57 Å². The molecule has 2 atom stereocenters. The Kier molecular flexibility index (Phi) is 3.95. The van der Waals surface area contributed by atoms with Crippen LogP contribution in [0.1, 0.15) is 40.5 Å². The van der Waals surface area contributed by atoms with Gasteiger partial charge in [-0.05, 0) is 44.0 Å². The molecule has 1 aromatic heterocycles. The zero-order chi connectivity index (χ0) is 20.2. The van der Waals surface area contributed by atoms with Crippen LogP contribution >= 0.6 is 0 Å². The van der Waals surface area contributed by atoms with E-state index in [9.17, 15) is 0 Å². The number of hydrogen-bond donors (Lipinski definition) is 0. The van der Waals surface area contributed by atoms with Crippen LogP contribution in [0.15, 0.2) is 67.3 Å². The van der Waals surface area contributed by atoms with Crippen molar-refractivity contribution in [3.63, 3.8) is 0 Å². The van der Waals surface area contributed by atoms with Gasteiger partial charge in [0.2, 0.25) is 6.33 Å². The van der Waals surface area contributed by atoms with Gasteiger partial charge < -0.3 is 4.81 Å². The molecule has 0 saturated carbocycles. The zero-order valence-corrected chi connectivity index (χ0v) is 17.6. The minimum absolute atomic E-state index is 0.0427. The summed E-state index contributed by atoms with van der Waals surface area (Å²) < 4.78 is 2.30. The van der Waals surface area contributed by atoms with Crippen molar-refractivity contribution in [1.29, 1.82) is 0 Å². The van der Waals surface area contributed by atoms with Crippen LogP contribution in [0.4, 0.5) is 23.0 Å². The topological polar surface area (TPSA) is 36.1 Å². The van der Waals surface area contributed by atoms with Crippen LogP contribution in [0.3, 0.4) is 0 Å². The predicted octanol–water partition coefficient (Wildman–Crippen LogP) is 4.85. The highest BCUT2D eigenvalue weighted by Crippen LogP contribution is 2.60. The highest BCUT2D eigenvalue weighted by molar-refractivity contribution is 6.76. The Morgan fingerprint density at radius 1 is 0.897 bits per heavy atom. The van der Waals surface area contributed by atoms with E-state index in [2.05, 4.69) is 101 Å². The Bertz CT molecular complexity index is 1060. The lowest BCUT2D eigenvalue weighted by Gasteiger charge is -2.52. The standard InChI is InChI=1S/C23H27BN5/c1-5-22(3)23(4,6-2)27-17-25-16-26-21(27)29-20-15-11-10-14-19(20)28(24(22)29)18-12-8-7-9-13-18/h7-17H,5-6H2,1-4H3/q+1. The van der Waals surface area contributed by atoms with Gasteiger partial charge in [-0.3, -0.25) is 4.81 Å². The summed E-state index contributed by atoms with van der Waals surface area (Å²) in [5.41, 5.74) is 3.53. The van der Waals surface area contributed by atoms with Crippen LogP contribution in [0, 0.1) is 0 Å². The van der Waals surface area contributed by atoms with E-state index >= 15 is 0 Å². The van der Waals surface area contributed by atoms with Gasteiger partial charge in [-0.2, -0.15) is 0 Å². The molecule has 0 radical (unpaired) electrons. The molecule has 0 amide bonds. The Hall–Kier alpha value is -2.89. The molecule has 3 aromatic rings. The van der Waals surface area contributed by atoms with Gasteiger partial charge in [-0.1, -0.05) is 56.1 Å². The number of benzene rings is 2. The molecule has 2 aliphatic rings. The van der Waals surface area contributed by atoms with Gasteiger partial charge in [0.1, 0.15) is 0 Å². The largest absolute Gasteiger partial charge is 0.458 e. The Balaban J connectivity index is 1.86. The van der Waals surface area contributed by atoms with E-state index in [1.807, 2.05) is 6.33 Å². The van der Waals surface area contributed by atoms with Crippen molar-refractivity contribution in [1.82, 2.24) is 9.97 Å². The van der Waals surface area contributed by atoms with E-state index in [4.69, 9.17) is 4.98 Å². The van der Waals surface area contributed by atoms with Crippen molar-refractivity contribution in [3.8, 4) is 0 Å². The summed E-state index contributed by atoms with van der Waals surface area (Å²) in [5, 5.41) is -0.0427. The average Bonchev–Trinajstić information content (AvgIpc) is 3.14. The Morgan fingerprint density at radius 3 is 2.21 bits per heavy atom. The maximum Gasteiger partial charge on any atom is 0.458 e.